The van der Waals surface area contributed by atoms with Gasteiger partial charge in [-0.1, -0.05) is 0 Å². The van der Waals surface area contributed by atoms with Crippen molar-refractivity contribution in [1.82, 2.24) is 0 Å². The Hall–Kier alpha value is -0.350. The van der Waals surface area contributed by atoms with Gasteiger partial charge in [0.25, 0.3) is 0 Å². The first-order chi connectivity index (χ1) is 5.90. The van der Waals surface area contributed by atoms with Crippen LogP contribution in [-0.2, 0) is 4.74 Å². The number of esters is 1. The Balaban J connectivity index is 2.76. The van der Waals surface area contributed by atoms with Crippen molar-refractivity contribution in [3.8, 4) is 0 Å². The summed E-state index contributed by atoms with van der Waals surface area (Å²) < 4.78 is 6.02. The summed E-state index contributed by atoms with van der Waals surface area (Å²) in [5.41, 5.74) is 0.165. The molecule has 2 nitrogen and oxygen atoms in total. The molecule has 0 atom stereocenters. The minimum atomic E-state index is -0.432. The van der Waals surface area contributed by atoms with Gasteiger partial charge in [-0.15, -0.1) is 11.3 Å². The largest absolute Gasteiger partial charge is 0.456 e. The van der Waals surface area contributed by atoms with Crippen molar-refractivity contribution in [2.24, 2.45) is 0 Å². The van der Waals surface area contributed by atoms with Crippen molar-refractivity contribution in [2.45, 2.75) is 26.4 Å². The molecule has 0 saturated heterocycles. The van der Waals surface area contributed by atoms with Crippen molar-refractivity contribution in [2.75, 3.05) is 0 Å². The number of carbonyl (C=O) groups excluding carboxylic acids is 1. The van der Waals surface area contributed by atoms with E-state index in [1.54, 1.807) is 6.07 Å². The molecule has 1 heterocycles. The molecule has 0 radical (unpaired) electrons. The lowest BCUT2D eigenvalue weighted by atomic mass is 10.2. The third-order valence-corrected chi connectivity index (χ3v) is 2.92. The summed E-state index contributed by atoms with van der Waals surface area (Å²) >= 11 is 4.77. The summed E-state index contributed by atoms with van der Waals surface area (Å²) in [7, 11) is 0. The highest BCUT2D eigenvalue weighted by Crippen LogP contribution is 2.25. The van der Waals surface area contributed by atoms with Crippen molar-refractivity contribution < 1.29 is 9.53 Å². The molecule has 1 aromatic rings. The lowest BCUT2D eigenvalue weighted by molar-refractivity contribution is 0.00692. The number of hydrogen-bond acceptors (Lipinski definition) is 3. The average molecular weight is 263 g/mol. The van der Waals surface area contributed by atoms with E-state index in [2.05, 4.69) is 15.9 Å². The summed E-state index contributed by atoms with van der Waals surface area (Å²) in [6.45, 7) is 5.56. The van der Waals surface area contributed by atoms with Crippen LogP contribution in [0.2, 0.25) is 0 Å². The molecule has 0 unspecified atom stereocenters. The van der Waals surface area contributed by atoms with Crippen molar-refractivity contribution >= 4 is 33.2 Å². The molecule has 13 heavy (non-hydrogen) atoms. The second kappa shape index (κ2) is 3.80. The van der Waals surface area contributed by atoms with E-state index in [1.807, 2.05) is 26.2 Å². The zero-order valence-electron chi connectivity index (χ0n) is 7.76. The summed E-state index contributed by atoms with van der Waals surface area (Å²) in [5, 5.41) is 1.85. The molecular weight excluding hydrogens is 252 g/mol. The zero-order valence-corrected chi connectivity index (χ0v) is 10.2. The molecular formula is C9H11BrO2S. The molecule has 1 aromatic heterocycles. The molecule has 0 aliphatic carbocycles. The Morgan fingerprint density at radius 1 is 1.54 bits per heavy atom. The Kier molecular flexibility index (Phi) is 3.14. The van der Waals surface area contributed by atoms with E-state index in [-0.39, 0.29) is 5.97 Å². The summed E-state index contributed by atoms with van der Waals surface area (Å²) in [6.07, 6.45) is 0. The fourth-order valence-corrected chi connectivity index (χ4v) is 1.99. The second-order valence-electron chi connectivity index (χ2n) is 3.61. The summed E-state index contributed by atoms with van der Waals surface area (Å²) in [5.74, 6) is -0.277. The van der Waals surface area contributed by atoms with Gasteiger partial charge in [0.15, 0.2) is 0 Å². The minimum absolute atomic E-state index is 0.277. The third-order valence-electron chi connectivity index (χ3n) is 1.24. The van der Waals surface area contributed by atoms with Crippen LogP contribution in [0.3, 0.4) is 0 Å². The van der Waals surface area contributed by atoms with Gasteiger partial charge in [-0.3, -0.25) is 0 Å². The highest BCUT2D eigenvalue weighted by Gasteiger charge is 2.19. The third kappa shape index (κ3) is 3.12. The highest BCUT2D eigenvalue weighted by atomic mass is 79.9. The molecule has 1 rings (SSSR count). The van der Waals surface area contributed by atoms with Gasteiger partial charge in [0.2, 0.25) is 0 Å². The van der Waals surface area contributed by atoms with Crippen LogP contribution in [-0.4, -0.2) is 11.6 Å². The first kappa shape index (κ1) is 10.7. The molecule has 0 amide bonds. The van der Waals surface area contributed by atoms with E-state index in [0.717, 1.165) is 3.79 Å². The highest BCUT2D eigenvalue weighted by molar-refractivity contribution is 9.11. The van der Waals surface area contributed by atoms with Crippen LogP contribution in [0.5, 0.6) is 0 Å². The van der Waals surface area contributed by atoms with Gasteiger partial charge in [-0.05, 0) is 48.1 Å². The maximum Gasteiger partial charge on any atom is 0.340 e. The van der Waals surface area contributed by atoms with Gasteiger partial charge >= 0.3 is 5.97 Å². The first-order valence-corrected chi connectivity index (χ1v) is 5.54. The van der Waals surface area contributed by atoms with E-state index in [1.165, 1.54) is 11.3 Å². The molecule has 0 aliphatic heterocycles. The van der Waals surface area contributed by atoms with Crippen LogP contribution in [0.25, 0.3) is 0 Å². The molecule has 72 valence electrons. The molecule has 0 aliphatic rings. The van der Waals surface area contributed by atoms with E-state index < -0.39 is 5.60 Å². The minimum Gasteiger partial charge on any atom is -0.456 e. The molecule has 0 aromatic carbocycles. The van der Waals surface area contributed by atoms with Crippen LogP contribution in [0.15, 0.2) is 15.2 Å². The molecule has 0 saturated carbocycles. The summed E-state index contributed by atoms with van der Waals surface area (Å²) in [6, 6.07) is 1.75. The van der Waals surface area contributed by atoms with Gasteiger partial charge in [-0.2, -0.15) is 0 Å². The molecule has 4 heteroatoms. The monoisotopic (exact) mass is 262 g/mol. The van der Waals surface area contributed by atoms with Crippen LogP contribution in [0, 0.1) is 0 Å². The normalized spacial score (nSPS) is 11.4. The fraction of sp³-hybridized carbons (Fsp3) is 0.444. The molecule has 0 N–H and O–H groups in total. The summed E-state index contributed by atoms with van der Waals surface area (Å²) in [4.78, 5) is 11.5. The Morgan fingerprint density at radius 2 is 2.15 bits per heavy atom. The maximum atomic E-state index is 11.5. The van der Waals surface area contributed by atoms with Crippen LogP contribution >= 0.6 is 27.3 Å². The predicted octanol–water partition coefficient (Wildman–Crippen LogP) is 3.47. The quantitative estimate of drug-likeness (QED) is 0.725. The van der Waals surface area contributed by atoms with Gasteiger partial charge in [0.05, 0.1) is 9.35 Å². The number of rotatable bonds is 1. The molecule has 0 bridgehead atoms. The van der Waals surface area contributed by atoms with E-state index in [9.17, 15) is 4.79 Å². The number of carbonyl (C=O) groups is 1. The topological polar surface area (TPSA) is 26.3 Å². The smallest absolute Gasteiger partial charge is 0.340 e. The number of halogens is 1. The van der Waals surface area contributed by atoms with Crippen molar-refractivity contribution in [3.63, 3.8) is 0 Å². The molecule has 0 spiro atoms. The van der Waals surface area contributed by atoms with Crippen molar-refractivity contribution in [3.05, 3.63) is 20.8 Å². The fourth-order valence-electron chi connectivity index (χ4n) is 0.772. The number of hydrogen-bond donors (Lipinski definition) is 0. The number of thiophene rings is 1. The first-order valence-electron chi connectivity index (χ1n) is 3.86. The Bertz CT molecular complexity index is 312. The Labute approximate surface area is 90.0 Å². The van der Waals surface area contributed by atoms with E-state index in [0.29, 0.717) is 5.56 Å². The standard InChI is InChI=1S/C9H11BrO2S/c1-9(2,3)12-8(11)6-4-5-13-7(6)10/h4-5H,1-3H3. The Morgan fingerprint density at radius 3 is 2.54 bits per heavy atom. The zero-order chi connectivity index (χ0) is 10.1. The van der Waals surface area contributed by atoms with Gasteiger partial charge < -0.3 is 4.74 Å². The lowest BCUT2D eigenvalue weighted by Gasteiger charge is -2.19. The van der Waals surface area contributed by atoms with Crippen molar-refractivity contribution in [1.29, 1.82) is 0 Å². The van der Waals surface area contributed by atoms with Gasteiger partial charge in [-0.25, -0.2) is 4.79 Å². The van der Waals surface area contributed by atoms with Crippen LogP contribution in [0.4, 0.5) is 0 Å². The van der Waals surface area contributed by atoms with Crippen LogP contribution in [0.1, 0.15) is 31.1 Å². The number of ether oxygens (including phenoxy) is 1. The predicted molar refractivity (Wildman–Crippen MR) is 57.2 cm³/mol. The van der Waals surface area contributed by atoms with Gasteiger partial charge in [0.1, 0.15) is 5.60 Å². The maximum absolute atomic E-state index is 11.5. The second-order valence-corrected chi connectivity index (χ2v) is 5.84. The van der Waals surface area contributed by atoms with Gasteiger partial charge in [0, 0.05) is 0 Å². The van der Waals surface area contributed by atoms with E-state index in [4.69, 9.17) is 4.74 Å². The van der Waals surface area contributed by atoms with Crippen LogP contribution < -0.4 is 0 Å². The SMILES string of the molecule is CC(C)(C)OC(=O)c1ccsc1Br. The average Bonchev–Trinajstić information content (AvgIpc) is 2.30. The molecule has 0 fully saturated rings. The lowest BCUT2D eigenvalue weighted by Crippen LogP contribution is -2.23. The van der Waals surface area contributed by atoms with E-state index >= 15 is 0 Å².